The van der Waals surface area contributed by atoms with Crippen molar-refractivity contribution in [3.8, 4) is 6.07 Å². The van der Waals surface area contributed by atoms with Gasteiger partial charge in [-0.2, -0.15) is 5.26 Å². The Hall–Kier alpha value is -1.01. The van der Waals surface area contributed by atoms with E-state index in [1.54, 1.807) is 11.6 Å². The number of hydrogen-bond acceptors (Lipinski definition) is 2. The van der Waals surface area contributed by atoms with Crippen molar-refractivity contribution in [3.63, 3.8) is 0 Å². The number of imidazole rings is 1. The van der Waals surface area contributed by atoms with Crippen LogP contribution in [0.1, 0.15) is 31.3 Å². The van der Waals surface area contributed by atoms with E-state index in [1.807, 2.05) is 19.9 Å². The van der Waals surface area contributed by atoms with Gasteiger partial charge in [0.15, 0.2) is 10.8 Å². The van der Waals surface area contributed by atoms with Crippen molar-refractivity contribution in [2.45, 2.75) is 19.8 Å². The van der Waals surface area contributed by atoms with Crippen LogP contribution in [0.3, 0.4) is 0 Å². The third kappa shape index (κ3) is 1.30. The minimum Gasteiger partial charge on any atom is -0.321 e. The number of rotatable bonds is 1. The summed E-state index contributed by atoms with van der Waals surface area (Å²) in [7, 11) is 1.80. The molecule has 1 rings (SSSR count). The van der Waals surface area contributed by atoms with Crippen LogP contribution in [0, 0.1) is 11.3 Å². The Morgan fingerprint density at radius 2 is 2.17 bits per heavy atom. The molecule has 0 N–H and O–H groups in total. The van der Waals surface area contributed by atoms with E-state index in [1.165, 1.54) is 0 Å². The maximum absolute atomic E-state index is 8.70. The molecule has 64 valence electrons. The number of aromatic nitrogens is 2. The van der Waals surface area contributed by atoms with Gasteiger partial charge in [0.25, 0.3) is 0 Å². The van der Waals surface area contributed by atoms with E-state index >= 15 is 0 Å². The fraction of sp³-hybridized carbons (Fsp3) is 0.500. The van der Waals surface area contributed by atoms with Crippen LogP contribution in [0.25, 0.3) is 0 Å². The molecule has 0 atom stereocenters. The van der Waals surface area contributed by atoms with Crippen LogP contribution in [-0.4, -0.2) is 9.55 Å². The van der Waals surface area contributed by atoms with Gasteiger partial charge in [-0.25, -0.2) is 4.98 Å². The van der Waals surface area contributed by atoms with E-state index in [0.29, 0.717) is 10.8 Å². The molecule has 0 bridgehead atoms. The van der Waals surface area contributed by atoms with Crippen molar-refractivity contribution < 1.29 is 0 Å². The molecular weight excluding hydrogens is 174 g/mol. The molecule has 4 heteroatoms. The third-order valence-electron chi connectivity index (χ3n) is 1.71. The zero-order valence-corrected chi connectivity index (χ0v) is 8.05. The second kappa shape index (κ2) is 3.16. The third-order valence-corrected chi connectivity index (χ3v) is 1.97. The molecule has 0 aliphatic carbocycles. The molecule has 0 aromatic carbocycles. The minimum atomic E-state index is 0.287. The molecule has 1 heterocycles. The van der Waals surface area contributed by atoms with Crippen LogP contribution in [0.4, 0.5) is 0 Å². The summed E-state index contributed by atoms with van der Waals surface area (Å²) in [5.41, 5.74) is 0.431. The van der Waals surface area contributed by atoms with Crippen molar-refractivity contribution in [1.29, 1.82) is 5.26 Å². The van der Waals surface area contributed by atoms with Crippen LogP contribution < -0.4 is 0 Å². The highest BCUT2D eigenvalue weighted by molar-refractivity contribution is 6.30. The Morgan fingerprint density at radius 3 is 2.42 bits per heavy atom. The lowest BCUT2D eigenvalue weighted by atomic mass is 10.2. The van der Waals surface area contributed by atoms with E-state index in [9.17, 15) is 0 Å². The first-order chi connectivity index (χ1) is 5.57. The molecule has 0 saturated heterocycles. The minimum absolute atomic E-state index is 0.287. The second-order valence-corrected chi connectivity index (χ2v) is 3.29. The molecular formula is C8H10ClN3. The SMILES string of the molecule is CC(C)c1nc(Cl)c(C#N)n1C. The van der Waals surface area contributed by atoms with Crippen LogP contribution in [0.2, 0.25) is 5.15 Å². The summed E-state index contributed by atoms with van der Waals surface area (Å²) < 4.78 is 1.73. The lowest BCUT2D eigenvalue weighted by Crippen LogP contribution is -2.01. The summed E-state index contributed by atoms with van der Waals surface area (Å²) in [4.78, 5) is 4.09. The maximum Gasteiger partial charge on any atom is 0.165 e. The van der Waals surface area contributed by atoms with Crippen molar-refractivity contribution in [2.75, 3.05) is 0 Å². The molecule has 0 unspecified atom stereocenters. The first-order valence-corrected chi connectivity index (χ1v) is 4.08. The Bertz CT molecular complexity index is 333. The summed E-state index contributed by atoms with van der Waals surface area (Å²) in [5.74, 6) is 1.13. The molecule has 1 aromatic rings. The quantitative estimate of drug-likeness (QED) is 0.669. The molecule has 0 spiro atoms. The monoisotopic (exact) mass is 183 g/mol. The fourth-order valence-corrected chi connectivity index (χ4v) is 1.37. The van der Waals surface area contributed by atoms with E-state index in [-0.39, 0.29) is 5.92 Å². The molecule has 0 radical (unpaired) electrons. The topological polar surface area (TPSA) is 41.6 Å². The predicted octanol–water partition coefficient (Wildman–Crippen LogP) is 2.07. The van der Waals surface area contributed by atoms with Crippen molar-refractivity contribution in [1.82, 2.24) is 9.55 Å². The van der Waals surface area contributed by atoms with Crippen LogP contribution in [0.15, 0.2) is 0 Å². The second-order valence-electron chi connectivity index (χ2n) is 2.93. The van der Waals surface area contributed by atoms with Gasteiger partial charge in [-0.3, -0.25) is 0 Å². The van der Waals surface area contributed by atoms with Crippen molar-refractivity contribution >= 4 is 11.6 Å². The first-order valence-electron chi connectivity index (χ1n) is 3.70. The lowest BCUT2D eigenvalue weighted by Gasteiger charge is -2.03. The van der Waals surface area contributed by atoms with E-state index < -0.39 is 0 Å². The van der Waals surface area contributed by atoms with E-state index in [0.717, 1.165) is 5.82 Å². The van der Waals surface area contributed by atoms with E-state index in [4.69, 9.17) is 16.9 Å². The highest BCUT2D eigenvalue weighted by Gasteiger charge is 2.14. The van der Waals surface area contributed by atoms with Gasteiger partial charge in [-0.05, 0) is 0 Å². The van der Waals surface area contributed by atoms with Gasteiger partial charge in [0.2, 0.25) is 0 Å². The fourth-order valence-electron chi connectivity index (χ4n) is 1.12. The number of nitrogens with zero attached hydrogens (tertiary/aromatic N) is 3. The molecule has 0 saturated carbocycles. The molecule has 0 amide bonds. The van der Waals surface area contributed by atoms with Crippen molar-refractivity contribution in [3.05, 3.63) is 16.7 Å². The molecule has 0 fully saturated rings. The number of hydrogen-bond donors (Lipinski definition) is 0. The largest absolute Gasteiger partial charge is 0.321 e. The van der Waals surface area contributed by atoms with Crippen molar-refractivity contribution in [2.24, 2.45) is 7.05 Å². The normalized spacial score (nSPS) is 10.3. The highest BCUT2D eigenvalue weighted by Crippen LogP contribution is 2.20. The summed E-state index contributed by atoms with van der Waals surface area (Å²) in [6.07, 6.45) is 0. The van der Waals surface area contributed by atoms with Gasteiger partial charge in [-0.1, -0.05) is 25.4 Å². The van der Waals surface area contributed by atoms with Crippen LogP contribution >= 0.6 is 11.6 Å². The first kappa shape index (κ1) is 9.08. The Balaban J connectivity index is 3.29. The van der Waals surface area contributed by atoms with Crippen LogP contribution in [0.5, 0.6) is 0 Å². The number of nitriles is 1. The Kier molecular flexibility index (Phi) is 2.39. The van der Waals surface area contributed by atoms with Gasteiger partial charge in [0.1, 0.15) is 11.9 Å². The average molecular weight is 184 g/mol. The predicted molar refractivity (Wildman–Crippen MR) is 47.0 cm³/mol. The molecule has 12 heavy (non-hydrogen) atoms. The molecule has 0 aliphatic rings. The van der Waals surface area contributed by atoms with Gasteiger partial charge < -0.3 is 4.57 Å². The van der Waals surface area contributed by atoms with Gasteiger partial charge in [-0.15, -0.1) is 0 Å². The van der Waals surface area contributed by atoms with Gasteiger partial charge in [0, 0.05) is 13.0 Å². The Morgan fingerprint density at radius 1 is 1.58 bits per heavy atom. The number of halogens is 1. The highest BCUT2D eigenvalue weighted by atomic mass is 35.5. The van der Waals surface area contributed by atoms with Gasteiger partial charge >= 0.3 is 0 Å². The summed E-state index contributed by atoms with van der Waals surface area (Å²) in [6.45, 7) is 4.03. The van der Waals surface area contributed by atoms with Gasteiger partial charge in [0.05, 0.1) is 0 Å². The lowest BCUT2D eigenvalue weighted by molar-refractivity contribution is 0.707. The average Bonchev–Trinajstić information content (AvgIpc) is 2.27. The zero-order chi connectivity index (χ0) is 9.30. The summed E-state index contributed by atoms with van der Waals surface area (Å²) >= 11 is 5.74. The smallest absolute Gasteiger partial charge is 0.165 e. The standard InChI is InChI=1S/C8H10ClN3/c1-5(2)8-11-7(9)6(4-10)12(8)3/h5H,1-3H3. The maximum atomic E-state index is 8.70. The molecule has 0 aliphatic heterocycles. The Labute approximate surface area is 76.6 Å². The molecule has 3 nitrogen and oxygen atoms in total. The summed E-state index contributed by atoms with van der Waals surface area (Å²) in [6, 6.07) is 2.01. The zero-order valence-electron chi connectivity index (χ0n) is 7.30. The van der Waals surface area contributed by atoms with E-state index in [2.05, 4.69) is 4.98 Å². The van der Waals surface area contributed by atoms with Crippen LogP contribution in [-0.2, 0) is 7.05 Å². The summed E-state index contributed by atoms with van der Waals surface area (Å²) in [5, 5.41) is 8.99. The molecule has 1 aromatic heterocycles.